The molecule has 8 rings (SSSR count). The van der Waals surface area contributed by atoms with Crippen molar-refractivity contribution in [3.8, 4) is 22.4 Å². The molecule has 6 aromatic rings. The summed E-state index contributed by atoms with van der Waals surface area (Å²) in [5.41, 5.74) is 3.52. The Morgan fingerprint density at radius 3 is 2.36 bits per heavy atom. The van der Waals surface area contributed by atoms with Gasteiger partial charge in [-0.25, -0.2) is 21.9 Å². The van der Waals surface area contributed by atoms with Gasteiger partial charge in [-0.1, -0.05) is 23.7 Å². The highest BCUT2D eigenvalue weighted by Gasteiger charge is 2.69. The van der Waals surface area contributed by atoms with Crippen molar-refractivity contribution in [3.63, 3.8) is 0 Å². The summed E-state index contributed by atoms with van der Waals surface area (Å²) in [5, 5.41) is 12.5. The van der Waals surface area contributed by atoms with Crippen molar-refractivity contribution in [3.05, 3.63) is 99.7 Å². The lowest BCUT2D eigenvalue weighted by molar-refractivity contribution is -0.142. The predicted octanol–water partition coefficient (Wildman–Crippen LogP) is 7.86. The number of nitrogens with zero attached hydrogens (tertiary/aromatic N) is 7. The van der Waals surface area contributed by atoms with E-state index in [0.717, 1.165) is 18.4 Å². The number of sulfonamides is 1. The zero-order chi connectivity index (χ0) is 42.7. The maximum atomic E-state index is 16.2. The topological polar surface area (TPSA) is 156 Å². The fraction of sp³-hybridized carbons (Fsp3) is 0.342. The fourth-order valence-corrected chi connectivity index (χ4v) is 8.94. The average Bonchev–Trinajstić information content (AvgIpc) is 3.37. The number of benzene rings is 2. The minimum Gasteiger partial charge on any atom is -0.368 e. The Labute approximate surface area is 336 Å². The van der Waals surface area contributed by atoms with Crippen LogP contribution in [0, 0.1) is 17.6 Å². The number of nitrogens with one attached hydrogen (secondary N) is 1. The fourth-order valence-electron chi connectivity index (χ4n) is 8.20. The molecule has 310 valence electrons. The number of carbonyl (C=O) groups excluding carboxylic acids is 1. The second-order valence-corrected chi connectivity index (χ2v) is 17.3. The molecule has 4 heterocycles. The highest BCUT2D eigenvalue weighted by Crippen LogP contribution is 2.69. The molecular weight excluding hydrogens is 831 g/mol. The molecule has 0 saturated heterocycles. The number of primary amides is 1. The summed E-state index contributed by atoms with van der Waals surface area (Å²) in [7, 11) is -2.42. The smallest absolute Gasteiger partial charge is 0.368 e. The summed E-state index contributed by atoms with van der Waals surface area (Å²) in [6.45, 7) is 3.74. The Bertz CT molecular complexity index is 2800. The summed E-state index contributed by atoms with van der Waals surface area (Å²) in [6.07, 6.45) is -1.98. The molecule has 4 atom stereocenters. The van der Waals surface area contributed by atoms with Crippen molar-refractivity contribution in [2.45, 2.75) is 62.7 Å². The van der Waals surface area contributed by atoms with Gasteiger partial charge in [0.25, 0.3) is 5.92 Å². The van der Waals surface area contributed by atoms with E-state index in [4.69, 9.17) is 22.3 Å². The van der Waals surface area contributed by atoms with Crippen LogP contribution in [0.3, 0.4) is 0 Å². The molecule has 59 heavy (non-hydrogen) atoms. The van der Waals surface area contributed by atoms with Gasteiger partial charge in [-0.15, -0.1) is 0 Å². The Morgan fingerprint density at radius 1 is 1.07 bits per heavy atom. The normalized spacial score (nSPS) is 18.3. The van der Waals surface area contributed by atoms with Gasteiger partial charge >= 0.3 is 6.18 Å². The first-order valence-corrected chi connectivity index (χ1v) is 20.3. The lowest BCUT2D eigenvalue weighted by Crippen LogP contribution is -2.37. The predicted molar refractivity (Wildman–Crippen MR) is 202 cm³/mol. The molecule has 2 aromatic carbocycles. The Kier molecular flexibility index (Phi) is 9.41. The van der Waals surface area contributed by atoms with E-state index < -0.39 is 86.8 Å². The van der Waals surface area contributed by atoms with Gasteiger partial charge in [0.15, 0.2) is 11.5 Å². The van der Waals surface area contributed by atoms with Crippen LogP contribution < -0.4 is 10.5 Å². The lowest BCUT2D eigenvalue weighted by atomic mass is 9.83. The van der Waals surface area contributed by atoms with E-state index in [-0.39, 0.29) is 62.3 Å². The maximum absolute atomic E-state index is 16.2. The van der Waals surface area contributed by atoms with Crippen LogP contribution in [0.4, 0.5) is 36.6 Å². The van der Waals surface area contributed by atoms with E-state index in [0.29, 0.717) is 16.3 Å². The average molecular weight is 864 g/mol. The molecule has 3 N–H and O–H groups in total. The molecule has 21 heteroatoms. The second-order valence-electron chi connectivity index (χ2n) is 15.2. The van der Waals surface area contributed by atoms with Gasteiger partial charge in [-0.3, -0.25) is 23.9 Å². The molecule has 1 amide bonds. The molecule has 0 aliphatic heterocycles. The number of fused-ring (bicyclic) bond motifs is 4. The van der Waals surface area contributed by atoms with E-state index >= 15 is 8.78 Å². The molecule has 0 bridgehead atoms. The van der Waals surface area contributed by atoms with E-state index in [2.05, 4.69) is 20.0 Å². The number of pyridine rings is 1. The van der Waals surface area contributed by atoms with Gasteiger partial charge in [0.2, 0.25) is 15.9 Å². The highest BCUT2D eigenvalue weighted by atomic mass is 35.5. The maximum Gasteiger partial charge on any atom is 0.435 e. The number of aryl methyl sites for hydroxylation is 1. The number of nitrogens with two attached hydrogens (primary N) is 1. The minimum atomic E-state index is -5.21. The van der Waals surface area contributed by atoms with Gasteiger partial charge < -0.3 is 5.73 Å². The number of carbonyl (C=O) groups is 1. The van der Waals surface area contributed by atoms with Crippen molar-refractivity contribution < 1.29 is 43.9 Å². The highest BCUT2D eigenvalue weighted by molar-refractivity contribution is 7.92. The van der Waals surface area contributed by atoms with Gasteiger partial charge in [-0.2, -0.15) is 37.2 Å². The Morgan fingerprint density at radius 2 is 1.75 bits per heavy atom. The first-order valence-electron chi connectivity index (χ1n) is 18.1. The number of alkyl halides is 5. The van der Waals surface area contributed by atoms with Crippen molar-refractivity contribution >= 4 is 44.3 Å². The molecule has 2 aliphatic rings. The summed E-state index contributed by atoms with van der Waals surface area (Å²) in [5.74, 6) is -11.8. The standard InChI is InChI=1S/C38H33ClF7N9O3S/c1-16(2)54-15-18(14-48-54)27-8-6-21(22-5-7-26(39)29-31(22)53(3)51-36(29)52-59(4,57)58)30(49-27)24(11-17-9-19(40)12-20(41)10-17)32(35(47)56)55-34-28(33(50-55)38(44,45)46)23-13-25(23)37(34,42)43/h5-10,12,14-16,23-25,32H,11,13H2,1-4H3,(H2,47,56)(H,51,52)/t23-,24+,25+,32?/m0/s1. The van der Waals surface area contributed by atoms with Crippen LogP contribution in [-0.4, -0.2) is 54.9 Å². The molecule has 2 aliphatic carbocycles. The first kappa shape index (κ1) is 40.3. The van der Waals surface area contributed by atoms with Crippen molar-refractivity contribution in [2.75, 3.05) is 11.0 Å². The van der Waals surface area contributed by atoms with E-state index in [1.807, 2.05) is 13.8 Å². The van der Waals surface area contributed by atoms with Crippen LogP contribution in [-0.2, 0) is 40.4 Å². The third-order valence-electron chi connectivity index (χ3n) is 10.7. The number of halogens is 8. The second kappa shape index (κ2) is 13.8. The number of amides is 1. The number of hydrogen-bond donors (Lipinski definition) is 2. The minimum absolute atomic E-state index is 0.0598. The monoisotopic (exact) mass is 863 g/mol. The number of hydrogen-bond acceptors (Lipinski definition) is 7. The van der Waals surface area contributed by atoms with Crippen molar-refractivity contribution in [1.29, 1.82) is 0 Å². The number of anilines is 1. The van der Waals surface area contributed by atoms with Crippen LogP contribution in [0.25, 0.3) is 33.3 Å². The molecule has 1 unspecified atom stereocenters. The molecule has 12 nitrogen and oxygen atoms in total. The van der Waals surface area contributed by atoms with Crippen molar-refractivity contribution in [2.24, 2.45) is 18.7 Å². The zero-order valence-electron chi connectivity index (χ0n) is 31.4. The largest absolute Gasteiger partial charge is 0.435 e. The summed E-state index contributed by atoms with van der Waals surface area (Å²) < 4.78 is 136. The van der Waals surface area contributed by atoms with E-state index in [9.17, 15) is 35.2 Å². The molecule has 1 fully saturated rings. The van der Waals surface area contributed by atoms with E-state index in [1.54, 1.807) is 23.0 Å². The third-order valence-corrected chi connectivity index (χ3v) is 11.6. The number of aromatic nitrogens is 7. The van der Waals surface area contributed by atoms with Crippen LogP contribution in [0.1, 0.15) is 72.4 Å². The van der Waals surface area contributed by atoms with Gasteiger partial charge in [-0.05, 0) is 62.4 Å². The number of rotatable bonds is 11. The van der Waals surface area contributed by atoms with Crippen molar-refractivity contribution in [1.82, 2.24) is 34.3 Å². The van der Waals surface area contributed by atoms with Crippen LogP contribution in [0.2, 0.25) is 5.02 Å². The Hall–Kier alpha value is -5.50. The van der Waals surface area contributed by atoms with E-state index in [1.165, 1.54) is 30.1 Å². The summed E-state index contributed by atoms with van der Waals surface area (Å²) in [6, 6.07) is 6.22. The third kappa shape index (κ3) is 6.98. The summed E-state index contributed by atoms with van der Waals surface area (Å²) in [4.78, 5) is 18.8. The molecule has 1 saturated carbocycles. The van der Waals surface area contributed by atoms with Gasteiger partial charge in [0.05, 0.1) is 39.8 Å². The summed E-state index contributed by atoms with van der Waals surface area (Å²) >= 11 is 6.62. The molecule has 0 radical (unpaired) electrons. The SMILES string of the molecule is CC(C)n1cc(-c2ccc(-c3ccc(Cl)c4c(NS(C)(=O)=O)nn(C)c34)c([C@@H](Cc3cc(F)cc(F)c3)C(C(N)=O)n3nc(C(F)(F)F)c4c3C(F)(F)[C@@H]3C[C@H]43)n2)cn1. The van der Waals surface area contributed by atoms with Gasteiger partial charge in [0.1, 0.15) is 23.4 Å². The quantitative estimate of drug-likeness (QED) is 0.126. The molecule has 0 spiro atoms. The Balaban J connectivity index is 1.45. The van der Waals surface area contributed by atoms with Crippen LogP contribution >= 0.6 is 11.6 Å². The van der Waals surface area contributed by atoms with Crippen LogP contribution in [0.15, 0.2) is 54.9 Å². The molecule has 4 aromatic heterocycles. The lowest BCUT2D eigenvalue weighted by Gasteiger charge is -2.30. The first-order chi connectivity index (χ1) is 27.5. The zero-order valence-corrected chi connectivity index (χ0v) is 32.9. The molecular formula is C38H33ClF7N9O3S. The van der Waals surface area contributed by atoms with Gasteiger partial charge in [0, 0.05) is 59.4 Å². The van der Waals surface area contributed by atoms with Crippen LogP contribution in [0.5, 0.6) is 0 Å².